The van der Waals surface area contributed by atoms with Crippen molar-refractivity contribution in [1.29, 1.82) is 0 Å². The fraction of sp³-hybridized carbons (Fsp3) is 0.467. The minimum atomic E-state index is 0.534. The third kappa shape index (κ3) is 6.15. The molecular formula is C15H22Se. The number of allylic oxidation sites excluding steroid dienone is 2. The molecule has 16 heavy (non-hydrogen) atoms. The average Bonchev–Trinajstić information content (AvgIpc) is 2.30. The van der Waals surface area contributed by atoms with E-state index in [9.17, 15) is 0 Å². The quantitative estimate of drug-likeness (QED) is 0.525. The molecule has 88 valence electrons. The van der Waals surface area contributed by atoms with Crippen LogP contribution in [0.1, 0.15) is 46.0 Å². The Morgan fingerprint density at radius 3 is 2.56 bits per heavy atom. The van der Waals surface area contributed by atoms with Gasteiger partial charge in [-0.15, -0.1) is 0 Å². The predicted molar refractivity (Wildman–Crippen MR) is 74.3 cm³/mol. The van der Waals surface area contributed by atoms with Crippen LogP contribution in [0.25, 0.3) is 0 Å². The Bertz CT molecular complexity index is 300. The number of hydrogen-bond donors (Lipinski definition) is 0. The molecule has 0 aliphatic rings. The van der Waals surface area contributed by atoms with E-state index in [4.69, 9.17) is 0 Å². The second-order valence-corrected chi connectivity index (χ2v) is 6.85. The normalized spacial score (nSPS) is 11.8. The predicted octanol–water partition coefficient (Wildman–Crippen LogP) is 3.89. The Hall–Kier alpha value is -0.521. The van der Waals surface area contributed by atoms with Gasteiger partial charge in [-0.2, -0.15) is 0 Å². The van der Waals surface area contributed by atoms with Crippen molar-refractivity contribution in [2.45, 2.75) is 46.0 Å². The summed E-state index contributed by atoms with van der Waals surface area (Å²) < 4.78 is 3.05. The van der Waals surface area contributed by atoms with E-state index in [1.165, 1.54) is 36.6 Å². The minimum absolute atomic E-state index is 0.534. The van der Waals surface area contributed by atoms with Crippen LogP contribution >= 0.6 is 0 Å². The maximum absolute atomic E-state index is 2.43. The van der Waals surface area contributed by atoms with Crippen molar-refractivity contribution in [2.75, 3.05) is 0 Å². The van der Waals surface area contributed by atoms with Crippen LogP contribution in [0, 0.1) is 0 Å². The van der Waals surface area contributed by atoms with Gasteiger partial charge in [0.05, 0.1) is 0 Å². The van der Waals surface area contributed by atoms with Crippen LogP contribution in [-0.4, -0.2) is 15.0 Å². The van der Waals surface area contributed by atoms with Crippen LogP contribution in [0.15, 0.2) is 40.9 Å². The summed E-state index contributed by atoms with van der Waals surface area (Å²) in [5, 5.41) is 0. The van der Waals surface area contributed by atoms with Crippen molar-refractivity contribution in [3.63, 3.8) is 0 Å². The molecule has 0 heterocycles. The molecule has 0 bridgehead atoms. The first-order valence-electron chi connectivity index (χ1n) is 6.22. The van der Waals surface area contributed by atoms with Crippen LogP contribution in [0.4, 0.5) is 0 Å². The zero-order valence-electron chi connectivity index (χ0n) is 10.4. The fourth-order valence-corrected chi connectivity index (χ4v) is 3.41. The summed E-state index contributed by atoms with van der Waals surface area (Å²) >= 11 is 0.534. The molecule has 1 heteroatoms. The molecule has 1 rings (SSSR count). The van der Waals surface area contributed by atoms with Gasteiger partial charge in [0.25, 0.3) is 0 Å². The number of rotatable bonds is 7. The van der Waals surface area contributed by atoms with E-state index in [-0.39, 0.29) is 0 Å². The zero-order chi connectivity index (χ0) is 11.6. The summed E-state index contributed by atoms with van der Waals surface area (Å²) in [6, 6.07) is 10.8. The maximum atomic E-state index is 2.43. The summed E-state index contributed by atoms with van der Waals surface area (Å²) in [4.78, 5) is 0. The molecule has 0 amide bonds. The molecule has 0 aliphatic heterocycles. The van der Waals surface area contributed by atoms with E-state index in [1.807, 2.05) is 0 Å². The second kappa shape index (κ2) is 8.61. The van der Waals surface area contributed by atoms with Crippen LogP contribution in [0.3, 0.4) is 0 Å². The molecule has 0 unspecified atom stereocenters. The monoisotopic (exact) mass is 282 g/mol. The van der Waals surface area contributed by atoms with Gasteiger partial charge in [0.1, 0.15) is 0 Å². The van der Waals surface area contributed by atoms with Crippen LogP contribution in [0.5, 0.6) is 0 Å². The third-order valence-electron chi connectivity index (χ3n) is 2.51. The van der Waals surface area contributed by atoms with Crippen molar-refractivity contribution in [1.82, 2.24) is 0 Å². The van der Waals surface area contributed by atoms with E-state index in [1.54, 1.807) is 4.47 Å². The van der Waals surface area contributed by atoms with Crippen molar-refractivity contribution in [2.24, 2.45) is 0 Å². The van der Waals surface area contributed by atoms with Gasteiger partial charge in [-0.05, 0) is 0 Å². The van der Waals surface area contributed by atoms with E-state index in [0.717, 1.165) is 0 Å². The standard InChI is InChI=1S/C15H22Se/c1-3-4-5-6-8-11-14(2)16-15-12-9-7-10-13-15/h7,9-13H,3-6,8H2,1-2H3/b14-11-. The van der Waals surface area contributed by atoms with E-state index < -0.39 is 0 Å². The van der Waals surface area contributed by atoms with Crippen molar-refractivity contribution in [3.8, 4) is 0 Å². The van der Waals surface area contributed by atoms with Crippen LogP contribution in [-0.2, 0) is 0 Å². The Kier molecular flexibility index (Phi) is 7.29. The first-order chi connectivity index (χ1) is 7.83. The summed E-state index contributed by atoms with van der Waals surface area (Å²) in [6.07, 6.45) is 9.16. The van der Waals surface area contributed by atoms with Gasteiger partial charge in [0.2, 0.25) is 0 Å². The molecule has 0 radical (unpaired) electrons. The average molecular weight is 281 g/mol. The summed E-state index contributed by atoms with van der Waals surface area (Å²) in [6.45, 7) is 4.53. The molecule has 0 spiro atoms. The Balaban J connectivity index is 2.24. The SMILES string of the molecule is CCCCCC/C=C(/C)[Se]c1ccccc1. The number of benzene rings is 1. The first-order valence-corrected chi connectivity index (χ1v) is 7.94. The molecule has 0 N–H and O–H groups in total. The molecule has 0 fully saturated rings. The van der Waals surface area contributed by atoms with Gasteiger partial charge in [-0.3, -0.25) is 0 Å². The van der Waals surface area contributed by atoms with E-state index in [0.29, 0.717) is 15.0 Å². The Labute approximate surface area is 106 Å². The number of unbranched alkanes of at least 4 members (excludes halogenated alkanes) is 4. The topological polar surface area (TPSA) is 0 Å². The van der Waals surface area contributed by atoms with E-state index in [2.05, 4.69) is 50.3 Å². The van der Waals surface area contributed by atoms with Crippen LogP contribution in [0.2, 0.25) is 0 Å². The molecule has 0 aromatic heterocycles. The molecule has 0 nitrogen and oxygen atoms in total. The van der Waals surface area contributed by atoms with Crippen molar-refractivity contribution >= 4 is 19.4 Å². The number of hydrogen-bond acceptors (Lipinski definition) is 0. The second-order valence-electron chi connectivity index (χ2n) is 4.08. The van der Waals surface area contributed by atoms with Gasteiger partial charge in [-0.25, -0.2) is 0 Å². The summed E-state index contributed by atoms with van der Waals surface area (Å²) in [7, 11) is 0. The van der Waals surface area contributed by atoms with Gasteiger partial charge in [0, 0.05) is 0 Å². The van der Waals surface area contributed by atoms with Gasteiger partial charge < -0.3 is 0 Å². The summed E-state index contributed by atoms with van der Waals surface area (Å²) in [5.74, 6) is 0. The Morgan fingerprint density at radius 2 is 1.88 bits per heavy atom. The molecule has 0 saturated carbocycles. The van der Waals surface area contributed by atoms with Gasteiger partial charge >= 0.3 is 106 Å². The van der Waals surface area contributed by atoms with Gasteiger partial charge in [0.15, 0.2) is 0 Å². The fourth-order valence-electron chi connectivity index (χ4n) is 1.59. The molecule has 0 aliphatic carbocycles. The third-order valence-corrected chi connectivity index (χ3v) is 4.60. The Morgan fingerprint density at radius 1 is 1.12 bits per heavy atom. The molecular weight excluding hydrogens is 259 g/mol. The first kappa shape index (κ1) is 13.5. The van der Waals surface area contributed by atoms with Crippen molar-refractivity contribution < 1.29 is 0 Å². The molecule has 0 atom stereocenters. The van der Waals surface area contributed by atoms with Gasteiger partial charge in [-0.1, -0.05) is 0 Å². The molecule has 1 aromatic carbocycles. The van der Waals surface area contributed by atoms with Crippen LogP contribution < -0.4 is 4.46 Å². The van der Waals surface area contributed by atoms with Crippen molar-refractivity contribution in [3.05, 3.63) is 40.9 Å². The molecule has 0 saturated heterocycles. The zero-order valence-corrected chi connectivity index (χ0v) is 12.1. The molecule has 1 aromatic rings. The van der Waals surface area contributed by atoms with E-state index >= 15 is 0 Å². The summed E-state index contributed by atoms with van der Waals surface area (Å²) in [5.41, 5.74) is 0.